The second kappa shape index (κ2) is 10.7. The summed E-state index contributed by atoms with van der Waals surface area (Å²) >= 11 is 0. The van der Waals surface area contributed by atoms with Gasteiger partial charge in [0.25, 0.3) is 8.32 Å². The van der Waals surface area contributed by atoms with Crippen molar-refractivity contribution in [3.05, 3.63) is 0 Å². The number of hydrogen-bond acceptors (Lipinski definition) is 4. The highest BCUT2D eigenvalue weighted by Gasteiger charge is 2.64. The van der Waals surface area contributed by atoms with Crippen LogP contribution in [0.15, 0.2) is 10.2 Å². The Kier molecular flexibility index (Phi) is 10.2. The van der Waals surface area contributed by atoms with E-state index in [4.69, 9.17) is 9.16 Å². The zero-order valence-corrected chi connectivity index (χ0v) is 21.6. The number of carbonyl (C=O) groups is 2. The second-order valence-corrected chi connectivity index (χ2v) is 17.1. The predicted octanol–water partition coefficient (Wildman–Crippen LogP) is 8.27. The summed E-state index contributed by atoms with van der Waals surface area (Å²) < 4.78 is 11.3. The lowest BCUT2D eigenvalue weighted by Gasteiger charge is -2.56. The zero-order valence-electron chi connectivity index (χ0n) is 20.6. The smallest absolute Gasteiger partial charge is 0.452 e. The van der Waals surface area contributed by atoms with Gasteiger partial charge in [0.15, 0.2) is 0 Å². The first-order valence-electron chi connectivity index (χ1n) is 10.8. The van der Waals surface area contributed by atoms with Gasteiger partial charge in [0, 0.05) is 0 Å². The molecule has 0 aliphatic carbocycles. The predicted molar refractivity (Wildman–Crippen MR) is 121 cm³/mol. The van der Waals surface area contributed by atoms with Crippen molar-refractivity contribution in [1.82, 2.24) is 0 Å². The van der Waals surface area contributed by atoms with Gasteiger partial charge in [0.2, 0.25) is 0 Å². The number of ether oxygens (including phenoxy) is 1. The van der Waals surface area contributed by atoms with E-state index in [1.807, 2.05) is 0 Å². The van der Waals surface area contributed by atoms with E-state index in [0.717, 1.165) is 25.7 Å². The summed E-state index contributed by atoms with van der Waals surface area (Å²) in [4.78, 5) is 24.5. The maximum Gasteiger partial charge on any atom is 0.452 e. The third-order valence-corrected chi connectivity index (χ3v) is 12.4. The number of amides is 2. The Morgan fingerprint density at radius 2 is 1.28 bits per heavy atom. The Labute approximate surface area is 179 Å². The van der Waals surface area contributed by atoms with E-state index in [0.29, 0.717) is 12.5 Å². The average Bonchev–Trinajstić information content (AvgIpc) is 2.54. The van der Waals surface area contributed by atoms with Crippen molar-refractivity contribution >= 4 is 20.5 Å². The molecule has 0 aliphatic heterocycles. The van der Waals surface area contributed by atoms with Crippen molar-refractivity contribution in [3.8, 4) is 0 Å². The average molecular weight is 429 g/mol. The molecule has 0 radical (unpaired) electrons. The molecule has 6 nitrogen and oxygen atoms in total. The molecule has 0 aromatic carbocycles. The number of rotatable bonds is 7. The summed E-state index contributed by atoms with van der Waals surface area (Å²) in [6.45, 7) is 23.5. The van der Waals surface area contributed by atoms with Crippen LogP contribution in [0.2, 0.25) is 15.1 Å². The molecule has 170 valence electrons. The number of nitrogens with zero attached hydrogens (tertiary/aromatic N) is 2. The third kappa shape index (κ3) is 7.50. The van der Waals surface area contributed by atoms with E-state index in [9.17, 15) is 9.59 Å². The van der Waals surface area contributed by atoms with Gasteiger partial charge in [-0.3, -0.25) is 0 Å². The second-order valence-electron chi connectivity index (χ2n) is 11.0. The zero-order chi connectivity index (χ0) is 23.1. The molecule has 1 unspecified atom stereocenters. The molecular formula is C22H44N2O4Si. The molecule has 1 atom stereocenters. The molecule has 0 aromatic heterocycles. The number of carbonyl (C=O) groups excluding carboxylic acids is 2. The van der Waals surface area contributed by atoms with E-state index in [1.54, 1.807) is 0 Å². The highest BCUT2D eigenvalue weighted by molar-refractivity contribution is 6.83. The van der Waals surface area contributed by atoms with Gasteiger partial charge in [-0.05, 0) is 27.5 Å². The van der Waals surface area contributed by atoms with Crippen molar-refractivity contribution in [3.63, 3.8) is 0 Å². The Balaban J connectivity index is 5.29. The van der Waals surface area contributed by atoms with Gasteiger partial charge in [-0.2, -0.15) is 0 Å². The standard InChI is InChI=1S/C22H44N2O4Si/c1-12-14-15-17(13-2)16-27-18(25)23-24-19(26)28-29(20(3,4)5,21(6,7)8)22(9,10)11/h17H,12-16H2,1-11H3/b24-23+. The van der Waals surface area contributed by atoms with Crippen molar-refractivity contribution in [2.24, 2.45) is 16.1 Å². The van der Waals surface area contributed by atoms with Gasteiger partial charge in [-0.15, -0.1) is 0 Å². The number of hydrogen-bond donors (Lipinski definition) is 0. The van der Waals surface area contributed by atoms with E-state index in [-0.39, 0.29) is 15.1 Å². The summed E-state index contributed by atoms with van der Waals surface area (Å²) in [6, 6.07) is 0. The van der Waals surface area contributed by atoms with Crippen LogP contribution >= 0.6 is 0 Å². The first-order chi connectivity index (χ1) is 13.0. The molecular weight excluding hydrogens is 384 g/mol. The van der Waals surface area contributed by atoms with Crippen LogP contribution in [0, 0.1) is 5.92 Å². The van der Waals surface area contributed by atoms with Crippen molar-refractivity contribution in [2.75, 3.05) is 6.61 Å². The minimum absolute atomic E-state index is 0.233. The summed E-state index contributed by atoms with van der Waals surface area (Å²) in [6.07, 6.45) is 2.50. The fourth-order valence-electron chi connectivity index (χ4n) is 5.18. The van der Waals surface area contributed by atoms with Crippen LogP contribution in [0.3, 0.4) is 0 Å². The molecule has 0 spiro atoms. The van der Waals surface area contributed by atoms with Crippen molar-refractivity contribution < 1.29 is 18.8 Å². The molecule has 29 heavy (non-hydrogen) atoms. The van der Waals surface area contributed by atoms with Crippen molar-refractivity contribution in [1.29, 1.82) is 0 Å². The van der Waals surface area contributed by atoms with E-state index >= 15 is 0 Å². The number of unbranched alkanes of at least 4 members (excludes halogenated alkanes) is 1. The third-order valence-electron chi connectivity index (χ3n) is 5.61. The van der Waals surface area contributed by atoms with Gasteiger partial charge in [-0.1, -0.05) is 106 Å². The first kappa shape index (κ1) is 27.8. The molecule has 0 saturated heterocycles. The fraction of sp³-hybridized carbons (Fsp3) is 0.909. The summed E-state index contributed by atoms with van der Waals surface area (Å²) in [5, 5.41) is 6.29. The molecule has 0 rings (SSSR count). The molecule has 0 bridgehead atoms. The lowest BCUT2D eigenvalue weighted by atomic mass is 10.0. The highest BCUT2D eigenvalue weighted by Crippen LogP contribution is 2.62. The van der Waals surface area contributed by atoms with Gasteiger partial charge >= 0.3 is 12.2 Å². The van der Waals surface area contributed by atoms with Crippen LogP contribution in [0.5, 0.6) is 0 Å². The van der Waals surface area contributed by atoms with Gasteiger partial charge in [-0.25, -0.2) is 9.59 Å². The molecule has 0 saturated carbocycles. The summed E-state index contributed by atoms with van der Waals surface area (Å²) in [5.74, 6) is 0.309. The first-order valence-corrected chi connectivity index (χ1v) is 12.8. The normalized spacial score (nSPS) is 14.7. The van der Waals surface area contributed by atoms with Crippen LogP contribution < -0.4 is 0 Å². The Morgan fingerprint density at radius 1 is 0.828 bits per heavy atom. The van der Waals surface area contributed by atoms with Crippen LogP contribution in [0.25, 0.3) is 0 Å². The van der Waals surface area contributed by atoms with E-state index < -0.39 is 20.5 Å². The SMILES string of the molecule is CCCCC(CC)COC(=O)/N=N/C(=O)O[Si](C(C)(C)C)(C(C)(C)C)C(C)(C)C. The number of azo groups is 1. The Morgan fingerprint density at radius 3 is 1.66 bits per heavy atom. The molecule has 0 N–H and O–H groups in total. The maximum atomic E-state index is 12.6. The molecule has 0 aromatic rings. The Bertz CT molecular complexity index is 533. The van der Waals surface area contributed by atoms with Crippen LogP contribution in [-0.2, 0) is 9.16 Å². The summed E-state index contributed by atoms with van der Waals surface area (Å²) in [7, 11) is -2.75. The largest absolute Gasteiger partial charge is 0.499 e. The van der Waals surface area contributed by atoms with Gasteiger partial charge < -0.3 is 9.16 Å². The highest BCUT2D eigenvalue weighted by atomic mass is 28.4. The fourth-order valence-corrected chi connectivity index (χ4v) is 13.2. The molecule has 2 amide bonds. The quantitative estimate of drug-likeness (QED) is 0.302. The monoisotopic (exact) mass is 428 g/mol. The van der Waals surface area contributed by atoms with Crippen LogP contribution in [-0.4, -0.2) is 27.1 Å². The van der Waals surface area contributed by atoms with E-state index in [2.05, 4.69) is 86.4 Å². The maximum absolute atomic E-state index is 12.6. The minimum Gasteiger partial charge on any atom is -0.499 e. The van der Waals surface area contributed by atoms with Gasteiger partial charge in [0.1, 0.15) is 0 Å². The Hall–Kier alpha value is -1.24. The van der Waals surface area contributed by atoms with Gasteiger partial charge in [0.05, 0.1) is 6.61 Å². The van der Waals surface area contributed by atoms with Crippen molar-refractivity contribution in [2.45, 2.75) is 117 Å². The molecule has 7 heteroatoms. The molecule has 0 aliphatic rings. The van der Waals surface area contributed by atoms with Crippen LogP contribution in [0.4, 0.5) is 9.59 Å². The van der Waals surface area contributed by atoms with Crippen LogP contribution in [0.1, 0.15) is 102 Å². The molecule has 0 fully saturated rings. The lowest BCUT2D eigenvalue weighted by Crippen LogP contribution is -2.61. The molecule has 0 heterocycles. The topological polar surface area (TPSA) is 77.3 Å². The minimum atomic E-state index is -2.75. The van der Waals surface area contributed by atoms with E-state index in [1.165, 1.54) is 0 Å². The lowest BCUT2D eigenvalue weighted by molar-refractivity contribution is 0.130. The summed E-state index contributed by atoms with van der Waals surface area (Å²) in [5.41, 5.74) is 0.